The zero-order valence-corrected chi connectivity index (χ0v) is 17.3. The monoisotopic (exact) mass is 416 g/mol. The standard InChI is InChI=1S/C20H24N4O4S/c1-20(2,3)28-19(27)24-23-16(25)13-9-14(10-13)22-17(26)18-21-11-15(29-18)12-7-5-4-6-8-12/h4-8,11,13-14H,9-10H2,1-3H3,(H,22,26)(H,23,25)(H,24,27)/t13-,14-. The lowest BCUT2D eigenvalue weighted by Crippen LogP contribution is -2.53. The van der Waals surface area contributed by atoms with Gasteiger partial charge in [0.2, 0.25) is 5.91 Å². The van der Waals surface area contributed by atoms with Crippen LogP contribution in [0.25, 0.3) is 10.4 Å². The predicted octanol–water partition coefficient (Wildman–Crippen LogP) is 2.87. The van der Waals surface area contributed by atoms with Crippen molar-refractivity contribution >= 4 is 29.2 Å². The maximum absolute atomic E-state index is 12.4. The Kier molecular flexibility index (Phi) is 6.17. The fourth-order valence-electron chi connectivity index (χ4n) is 2.83. The van der Waals surface area contributed by atoms with Crippen molar-refractivity contribution < 1.29 is 19.1 Å². The summed E-state index contributed by atoms with van der Waals surface area (Å²) < 4.78 is 5.05. The van der Waals surface area contributed by atoms with E-state index in [-0.39, 0.29) is 23.8 Å². The molecule has 9 heteroatoms. The SMILES string of the molecule is CC(C)(C)OC(=O)NNC(=O)[C@H]1C[C@H](NC(=O)c2ncc(-c3ccccc3)s2)C1. The number of thiazole rings is 1. The Morgan fingerprint density at radius 3 is 2.45 bits per heavy atom. The number of hydrogen-bond donors (Lipinski definition) is 3. The Labute approximate surface area is 173 Å². The van der Waals surface area contributed by atoms with Crippen LogP contribution in [-0.2, 0) is 9.53 Å². The quantitative estimate of drug-likeness (QED) is 0.664. The van der Waals surface area contributed by atoms with Gasteiger partial charge in [0.1, 0.15) is 5.60 Å². The minimum Gasteiger partial charge on any atom is -0.443 e. The molecule has 2 aromatic rings. The summed E-state index contributed by atoms with van der Waals surface area (Å²) in [5.74, 6) is -0.818. The molecule has 0 aliphatic heterocycles. The van der Waals surface area contributed by atoms with Gasteiger partial charge in [-0.15, -0.1) is 11.3 Å². The lowest BCUT2D eigenvalue weighted by Gasteiger charge is -2.34. The number of hydrogen-bond acceptors (Lipinski definition) is 6. The Morgan fingerprint density at radius 1 is 1.10 bits per heavy atom. The van der Waals surface area contributed by atoms with Gasteiger partial charge in [0.05, 0.1) is 4.88 Å². The van der Waals surface area contributed by atoms with Crippen LogP contribution in [-0.4, -0.2) is 34.5 Å². The molecule has 3 amide bonds. The van der Waals surface area contributed by atoms with Gasteiger partial charge in [-0.2, -0.15) is 0 Å². The molecular formula is C20H24N4O4S. The number of rotatable bonds is 4. The summed E-state index contributed by atoms with van der Waals surface area (Å²) in [5.41, 5.74) is 4.95. The molecule has 1 heterocycles. The number of nitrogens with one attached hydrogen (secondary N) is 3. The number of carbonyl (C=O) groups is 3. The Morgan fingerprint density at radius 2 is 1.79 bits per heavy atom. The molecule has 1 saturated carbocycles. The van der Waals surface area contributed by atoms with Crippen molar-refractivity contribution in [3.63, 3.8) is 0 Å². The van der Waals surface area contributed by atoms with E-state index in [1.54, 1.807) is 27.0 Å². The van der Waals surface area contributed by atoms with Crippen molar-refractivity contribution in [3.05, 3.63) is 41.5 Å². The first-order valence-electron chi connectivity index (χ1n) is 9.32. The van der Waals surface area contributed by atoms with Gasteiger partial charge in [-0.05, 0) is 39.2 Å². The number of carbonyl (C=O) groups excluding carboxylic acids is 3. The third-order valence-electron chi connectivity index (χ3n) is 4.29. The van der Waals surface area contributed by atoms with Gasteiger partial charge in [0.25, 0.3) is 5.91 Å². The number of nitrogens with zero attached hydrogens (tertiary/aromatic N) is 1. The Balaban J connectivity index is 1.41. The molecule has 1 aliphatic carbocycles. The van der Waals surface area contributed by atoms with Crippen LogP contribution >= 0.6 is 11.3 Å². The molecule has 29 heavy (non-hydrogen) atoms. The molecule has 0 bridgehead atoms. The summed E-state index contributed by atoms with van der Waals surface area (Å²) in [7, 11) is 0. The largest absolute Gasteiger partial charge is 0.443 e. The van der Waals surface area contributed by atoms with Crippen LogP contribution in [0.5, 0.6) is 0 Å². The predicted molar refractivity (Wildman–Crippen MR) is 109 cm³/mol. The summed E-state index contributed by atoms with van der Waals surface area (Å²) in [6, 6.07) is 9.65. The third kappa shape index (κ3) is 5.77. The first kappa shape index (κ1) is 20.8. The van der Waals surface area contributed by atoms with Crippen LogP contribution in [0, 0.1) is 5.92 Å². The van der Waals surface area contributed by atoms with Gasteiger partial charge in [-0.3, -0.25) is 15.0 Å². The molecule has 1 aliphatic rings. The average molecular weight is 417 g/mol. The first-order chi connectivity index (χ1) is 13.7. The second-order valence-electron chi connectivity index (χ2n) is 7.85. The zero-order valence-electron chi connectivity index (χ0n) is 16.5. The topological polar surface area (TPSA) is 109 Å². The molecule has 0 unspecified atom stereocenters. The molecule has 0 saturated heterocycles. The van der Waals surface area contributed by atoms with E-state index in [0.29, 0.717) is 17.8 Å². The van der Waals surface area contributed by atoms with E-state index < -0.39 is 11.7 Å². The summed E-state index contributed by atoms with van der Waals surface area (Å²) in [4.78, 5) is 41.1. The Bertz CT molecular complexity index is 885. The van der Waals surface area contributed by atoms with E-state index in [9.17, 15) is 14.4 Å². The second kappa shape index (κ2) is 8.60. The maximum Gasteiger partial charge on any atom is 0.426 e. The minimum atomic E-state index is -0.715. The molecule has 0 atom stereocenters. The van der Waals surface area contributed by atoms with Crippen LogP contribution in [0.1, 0.15) is 43.4 Å². The van der Waals surface area contributed by atoms with E-state index in [4.69, 9.17) is 4.74 Å². The zero-order chi connectivity index (χ0) is 21.0. The van der Waals surface area contributed by atoms with Crippen molar-refractivity contribution in [3.8, 4) is 10.4 Å². The summed E-state index contributed by atoms with van der Waals surface area (Å²) in [6.07, 6.45) is 1.98. The number of aromatic nitrogens is 1. The van der Waals surface area contributed by atoms with Gasteiger partial charge >= 0.3 is 6.09 Å². The lowest BCUT2D eigenvalue weighted by molar-refractivity contribution is -0.129. The van der Waals surface area contributed by atoms with Gasteiger partial charge in [-0.1, -0.05) is 30.3 Å². The fourth-order valence-corrected chi connectivity index (χ4v) is 3.65. The molecule has 0 radical (unpaired) electrons. The first-order valence-corrected chi connectivity index (χ1v) is 10.1. The van der Waals surface area contributed by atoms with Crippen molar-refractivity contribution in [1.82, 2.24) is 21.2 Å². The number of hydrazine groups is 1. The average Bonchev–Trinajstić information content (AvgIpc) is 3.12. The molecule has 1 aromatic heterocycles. The molecule has 3 rings (SSSR count). The summed E-state index contributed by atoms with van der Waals surface area (Å²) in [6.45, 7) is 5.20. The van der Waals surface area contributed by atoms with Crippen LogP contribution in [0.3, 0.4) is 0 Å². The number of amides is 3. The fraction of sp³-hybridized carbons (Fsp3) is 0.400. The Hall–Kier alpha value is -2.94. The normalized spacial score (nSPS) is 18.3. The van der Waals surface area contributed by atoms with E-state index in [2.05, 4.69) is 21.2 Å². The van der Waals surface area contributed by atoms with Crippen LogP contribution in [0.4, 0.5) is 4.79 Å². The van der Waals surface area contributed by atoms with E-state index in [1.165, 1.54) is 11.3 Å². The second-order valence-corrected chi connectivity index (χ2v) is 8.88. The van der Waals surface area contributed by atoms with Gasteiger partial charge < -0.3 is 10.1 Å². The lowest BCUT2D eigenvalue weighted by atomic mass is 9.80. The molecule has 3 N–H and O–H groups in total. The van der Waals surface area contributed by atoms with E-state index in [1.807, 2.05) is 30.3 Å². The van der Waals surface area contributed by atoms with Crippen molar-refractivity contribution in [2.45, 2.75) is 45.3 Å². The van der Waals surface area contributed by atoms with Gasteiger partial charge in [0, 0.05) is 18.2 Å². The highest BCUT2D eigenvalue weighted by atomic mass is 32.1. The molecule has 0 spiro atoms. The van der Waals surface area contributed by atoms with E-state index in [0.717, 1.165) is 10.4 Å². The number of benzene rings is 1. The van der Waals surface area contributed by atoms with Crippen molar-refractivity contribution in [2.75, 3.05) is 0 Å². The number of ether oxygens (including phenoxy) is 1. The van der Waals surface area contributed by atoms with Crippen LogP contribution in [0.2, 0.25) is 0 Å². The van der Waals surface area contributed by atoms with Crippen molar-refractivity contribution in [2.24, 2.45) is 5.92 Å². The van der Waals surface area contributed by atoms with Crippen molar-refractivity contribution in [1.29, 1.82) is 0 Å². The van der Waals surface area contributed by atoms with E-state index >= 15 is 0 Å². The third-order valence-corrected chi connectivity index (χ3v) is 5.33. The molecule has 1 fully saturated rings. The molecule has 1 aromatic carbocycles. The molecular weight excluding hydrogens is 392 g/mol. The maximum atomic E-state index is 12.4. The summed E-state index contributed by atoms with van der Waals surface area (Å²) >= 11 is 1.33. The highest BCUT2D eigenvalue weighted by Gasteiger charge is 2.36. The minimum absolute atomic E-state index is 0.0937. The highest BCUT2D eigenvalue weighted by Crippen LogP contribution is 2.29. The van der Waals surface area contributed by atoms with Gasteiger partial charge in [0.15, 0.2) is 5.01 Å². The molecule has 8 nitrogen and oxygen atoms in total. The molecule has 154 valence electrons. The van der Waals surface area contributed by atoms with Gasteiger partial charge in [-0.25, -0.2) is 15.2 Å². The highest BCUT2D eigenvalue weighted by molar-refractivity contribution is 7.16. The summed E-state index contributed by atoms with van der Waals surface area (Å²) in [5, 5.41) is 3.29. The smallest absolute Gasteiger partial charge is 0.426 e. The van der Waals surface area contributed by atoms with Crippen LogP contribution < -0.4 is 16.2 Å². The van der Waals surface area contributed by atoms with Crippen LogP contribution in [0.15, 0.2) is 36.5 Å².